The van der Waals surface area contributed by atoms with E-state index in [4.69, 9.17) is 0 Å². The lowest BCUT2D eigenvalue weighted by molar-refractivity contribution is -0.140. The molecule has 1 saturated carbocycles. The summed E-state index contributed by atoms with van der Waals surface area (Å²) in [5.41, 5.74) is -0.437. The van der Waals surface area contributed by atoms with E-state index in [0.717, 1.165) is 12.8 Å². The standard InChI is InChI=1S/C12H19F3N2O/c1-8(2)9-16-11(5-6-11)10(18)17(9)7-3-4-12(13,14)15/h8-9,16H,3-7H2,1-2H3. The molecule has 1 saturated heterocycles. The molecule has 18 heavy (non-hydrogen) atoms. The molecule has 0 bridgehead atoms. The summed E-state index contributed by atoms with van der Waals surface area (Å²) in [6.07, 6.45) is -3.48. The third-order valence-electron chi connectivity index (χ3n) is 3.67. The molecule has 2 rings (SSSR count). The first-order valence-corrected chi connectivity index (χ1v) is 6.41. The van der Waals surface area contributed by atoms with Crippen LogP contribution in [0.5, 0.6) is 0 Å². The van der Waals surface area contributed by atoms with Crippen LogP contribution in [0.1, 0.15) is 39.5 Å². The zero-order valence-electron chi connectivity index (χ0n) is 10.7. The number of carbonyl (C=O) groups excluding carboxylic acids is 1. The lowest BCUT2D eigenvalue weighted by Crippen LogP contribution is -2.42. The van der Waals surface area contributed by atoms with Gasteiger partial charge in [-0.2, -0.15) is 13.2 Å². The van der Waals surface area contributed by atoms with Crippen LogP contribution in [0, 0.1) is 5.92 Å². The van der Waals surface area contributed by atoms with Gasteiger partial charge < -0.3 is 4.90 Å². The summed E-state index contributed by atoms with van der Waals surface area (Å²) in [7, 11) is 0. The lowest BCUT2D eigenvalue weighted by Gasteiger charge is -2.27. The summed E-state index contributed by atoms with van der Waals surface area (Å²) in [5, 5.41) is 3.28. The molecule has 0 aromatic carbocycles. The first-order valence-electron chi connectivity index (χ1n) is 6.41. The fourth-order valence-corrected chi connectivity index (χ4v) is 2.52. The number of halogens is 3. The molecule has 1 aliphatic heterocycles. The highest BCUT2D eigenvalue weighted by molar-refractivity contribution is 5.91. The van der Waals surface area contributed by atoms with Crippen LogP contribution in [0.25, 0.3) is 0 Å². The predicted octanol–water partition coefficient (Wildman–Crippen LogP) is 2.28. The molecule has 3 nitrogen and oxygen atoms in total. The van der Waals surface area contributed by atoms with E-state index in [1.54, 1.807) is 4.90 Å². The summed E-state index contributed by atoms with van der Waals surface area (Å²) in [6, 6.07) is 0. The first-order chi connectivity index (χ1) is 8.25. The predicted molar refractivity (Wildman–Crippen MR) is 60.7 cm³/mol. The maximum absolute atomic E-state index is 12.1. The number of hydrogen-bond donors (Lipinski definition) is 1. The minimum absolute atomic E-state index is 0.0108. The van der Waals surface area contributed by atoms with Crippen molar-refractivity contribution >= 4 is 5.91 Å². The second kappa shape index (κ2) is 4.40. The van der Waals surface area contributed by atoms with Gasteiger partial charge in [-0.3, -0.25) is 10.1 Å². The van der Waals surface area contributed by atoms with Crippen molar-refractivity contribution in [1.82, 2.24) is 10.2 Å². The molecule has 0 radical (unpaired) electrons. The maximum atomic E-state index is 12.1. The molecule has 0 aromatic rings. The Bertz CT molecular complexity index is 337. The highest BCUT2D eigenvalue weighted by atomic mass is 19.4. The van der Waals surface area contributed by atoms with Gasteiger partial charge in [-0.05, 0) is 25.2 Å². The third-order valence-corrected chi connectivity index (χ3v) is 3.67. The average Bonchev–Trinajstić information content (AvgIpc) is 2.94. The minimum atomic E-state index is -4.14. The Morgan fingerprint density at radius 1 is 1.44 bits per heavy atom. The fourth-order valence-electron chi connectivity index (χ4n) is 2.52. The number of alkyl halides is 3. The Kier molecular flexibility index (Phi) is 3.34. The number of rotatable bonds is 4. The van der Waals surface area contributed by atoms with Gasteiger partial charge in [-0.25, -0.2) is 0 Å². The second-order valence-corrected chi connectivity index (χ2v) is 5.63. The highest BCUT2D eigenvalue weighted by Gasteiger charge is 2.59. The summed E-state index contributed by atoms with van der Waals surface area (Å²) in [5.74, 6) is 0.197. The zero-order valence-corrected chi connectivity index (χ0v) is 10.7. The van der Waals surface area contributed by atoms with Crippen LogP contribution >= 0.6 is 0 Å². The smallest absolute Gasteiger partial charge is 0.325 e. The molecule has 1 aliphatic carbocycles. The molecule has 1 spiro atoms. The molecule has 1 amide bonds. The van der Waals surface area contributed by atoms with Gasteiger partial charge in [0.15, 0.2) is 0 Å². The maximum Gasteiger partial charge on any atom is 0.389 e. The summed E-state index contributed by atoms with van der Waals surface area (Å²) in [4.78, 5) is 13.7. The number of hydrogen-bond acceptors (Lipinski definition) is 2. The SMILES string of the molecule is CC(C)C1NC2(CC2)C(=O)N1CCCC(F)(F)F. The van der Waals surface area contributed by atoms with Gasteiger partial charge in [0.05, 0.1) is 11.7 Å². The van der Waals surface area contributed by atoms with Crippen molar-refractivity contribution in [2.24, 2.45) is 5.92 Å². The summed E-state index contributed by atoms with van der Waals surface area (Å²) >= 11 is 0. The molecule has 6 heteroatoms. The topological polar surface area (TPSA) is 32.3 Å². The third kappa shape index (κ3) is 2.63. The normalized spacial score (nSPS) is 26.4. The van der Waals surface area contributed by atoms with Crippen molar-refractivity contribution in [3.63, 3.8) is 0 Å². The van der Waals surface area contributed by atoms with Gasteiger partial charge in [0.1, 0.15) is 0 Å². The molecule has 0 aromatic heterocycles. The summed E-state index contributed by atoms with van der Waals surface area (Å²) in [6.45, 7) is 4.14. The van der Waals surface area contributed by atoms with E-state index in [-0.39, 0.29) is 31.0 Å². The Labute approximate surface area is 105 Å². The van der Waals surface area contributed by atoms with E-state index >= 15 is 0 Å². The van der Waals surface area contributed by atoms with Crippen LogP contribution in [0.15, 0.2) is 0 Å². The van der Waals surface area contributed by atoms with Crippen LogP contribution in [0.2, 0.25) is 0 Å². The summed E-state index contributed by atoms with van der Waals surface area (Å²) < 4.78 is 36.4. The van der Waals surface area contributed by atoms with Crippen molar-refractivity contribution in [3.8, 4) is 0 Å². The van der Waals surface area contributed by atoms with Crippen LogP contribution in [0.3, 0.4) is 0 Å². The van der Waals surface area contributed by atoms with E-state index in [9.17, 15) is 18.0 Å². The zero-order chi connectivity index (χ0) is 13.6. The van der Waals surface area contributed by atoms with Gasteiger partial charge in [0.2, 0.25) is 5.91 Å². The van der Waals surface area contributed by atoms with Crippen LogP contribution < -0.4 is 5.32 Å². The second-order valence-electron chi connectivity index (χ2n) is 5.63. The van der Waals surface area contributed by atoms with Crippen molar-refractivity contribution in [2.45, 2.75) is 57.4 Å². The van der Waals surface area contributed by atoms with Gasteiger partial charge in [-0.15, -0.1) is 0 Å². The minimum Gasteiger partial charge on any atom is -0.325 e. The van der Waals surface area contributed by atoms with Crippen LogP contribution in [-0.2, 0) is 4.79 Å². The Morgan fingerprint density at radius 2 is 2.06 bits per heavy atom. The molecule has 2 aliphatic rings. The van der Waals surface area contributed by atoms with E-state index in [0.29, 0.717) is 0 Å². The van der Waals surface area contributed by atoms with Crippen molar-refractivity contribution in [1.29, 1.82) is 0 Å². The molecule has 1 heterocycles. The number of carbonyl (C=O) groups is 1. The van der Waals surface area contributed by atoms with Crippen LogP contribution in [-0.4, -0.2) is 35.2 Å². The quantitative estimate of drug-likeness (QED) is 0.845. The van der Waals surface area contributed by atoms with Crippen molar-refractivity contribution in [3.05, 3.63) is 0 Å². The average molecular weight is 264 g/mol. The molecule has 1 unspecified atom stereocenters. The Morgan fingerprint density at radius 3 is 2.50 bits per heavy atom. The highest BCUT2D eigenvalue weighted by Crippen LogP contribution is 2.43. The van der Waals surface area contributed by atoms with Gasteiger partial charge in [-0.1, -0.05) is 13.8 Å². The fraction of sp³-hybridized carbons (Fsp3) is 0.917. The molecule has 1 atom stereocenters. The molecular weight excluding hydrogens is 245 g/mol. The Hall–Kier alpha value is -0.780. The number of nitrogens with zero attached hydrogens (tertiary/aromatic N) is 1. The van der Waals surface area contributed by atoms with E-state index in [1.807, 2.05) is 13.8 Å². The van der Waals surface area contributed by atoms with Crippen molar-refractivity contribution in [2.75, 3.05) is 6.54 Å². The molecule has 1 N–H and O–H groups in total. The largest absolute Gasteiger partial charge is 0.389 e. The lowest BCUT2D eigenvalue weighted by atomic mass is 10.1. The Balaban J connectivity index is 1.94. The van der Waals surface area contributed by atoms with E-state index < -0.39 is 18.1 Å². The molecule has 104 valence electrons. The number of amides is 1. The van der Waals surface area contributed by atoms with Gasteiger partial charge >= 0.3 is 6.18 Å². The number of nitrogens with one attached hydrogen (secondary N) is 1. The van der Waals surface area contributed by atoms with Crippen molar-refractivity contribution < 1.29 is 18.0 Å². The molecule has 2 fully saturated rings. The first kappa shape index (κ1) is 13.6. The van der Waals surface area contributed by atoms with Crippen LogP contribution in [0.4, 0.5) is 13.2 Å². The van der Waals surface area contributed by atoms with E-state index in [1.165, 1.54) is 0 Å². The van der Waals surface area contributed by atoms with Gasteiger partial charge in [0.25, 0.3) is 0 Å². The van der Waals surface area contributed by atoms with Gasteiger partial charge in [0, 0.05) is 13.0 Å². The monoisotopic (exact) mass is 264 g/mol. The molecular formula is C12H19F3N2O. The van der Waals surface area contributed by atoms with E-state index in [2.05, 4.69) is 5.32 Å².